The van der Waals surface area contributed by atoms with Crippen LogP contribution in [0.5, 0.6) is 0 Å². The molecule has 164 valence electrons. The van der Waals surface area contributed by atoms with Crippen LogP contribution in [0.2, 0.25) is 10.0 Å². The number of benzene rings is 2. The third-order valence-electron chi connectivity index (χ3n) is 5.27. The lowest BCUT2D eigenvalue weighted by Gasteiger charge is -2.23. The van der Waals surface area contributed by atoms with Crippen molar-refractivity contribution < 1.29 is 9.47 Å². The average Bonchev–Trinajstić information content (AvgIpc) is 3.19. The van der Waals surface area contributed by atoms with Gasteiger partial charge in [0.05, 0.1) is 37.5 Å². The Labute approximate surface area is 191 Å². The van der Waals surface area contributed by atoms with Crippen molar-refractivity contribution in [3.8, 4) is 17.1 Å². The minimum Gasteiger partial charge on any atom is -0.376 e. The monoisotopic (exact) mass is 472 g/mol. The lowest BCUT2D eigenvalue weighted by molar-refractivity contribution is -0.0936. The molecular weight excluding hydrogens is 455 g/mol. The molecule has 1 atom stereocenters. The molecule has 1 aliphatic rings. The first-order valence-electron chi connectivity index (χ1n) is 9.98. The summed E-state index contributed by atoms with van der Waals surface area (Å²) in [5.41, 5.74) is 0.609. The lowest BCUT2D eigenvalue weighted by atomic mass is 10.2. The molecular formula is C22H18Cl2N4O4. The number of nitrogens with one attached hydrogen (secondary N) is 1. The molecule has 1 N–H and O–H groups in total. The Hall–Kier alpha value is -2.91. The molecule has 3 heterocycles. The summed E-state index contributed by atoms with van der Waals surface area (Å²) in [4.78, 5) is 32.9. The highest BCUT2D eigenvalue weighted by atomic mass is 35.5. The molecule has 2 aromatic carbocycles. The van der Waals surface area contributed by atoms with Crippen molar-refractivity contribution in [3.05, 3.63) is 79.4 Å². The van der Waals surface area contributed by atoms with Crippen molar-refractivity contribution in [2.24, 2.45) is 0 Å². The van der Waals surface area contributed by atoms with E-state index in [9.17, 15) is 9.59 Å². The van der Waals surface area contributed by atoms with Crippen molar-refractivity contribution in [1.82, 2.24) is 19.1 Å². The maximum Gasteiger partial charge on any atom is 0.330 e. The normalized spacial score (nSPS) is 16.5. The summed E-state index contributed by atoms with van der Waals surface area (Å²) in [6.07, 6.45) is -0.333. The highest BCUT2D eigenvalue weighted by Crippen LogP contribution is 2.31. The van der Waals surface area contributed by atoms with Gasteiger partial charge >= 0.3 is 5.69 Å². The Morgan fingerprint density at radius 2 is 1.84 bits per heavy atom. The second-order valence-corrected chi connectivity index (χ2v) is 8.18. The van der Waals surface area contributed by atoms with Crippen LogP contribution in [0, 0.1) is 0 Å². The van der Waals surface area contributed by atoms with Crippen LogP contribution < -0.4 is 11.2 Å². The first kappa shape index (κ1) is 21.0. The molecule has 0 radical (unpaired) electrons. The third kappa shape index (κ3) is 3.75. The zero-order chi connectivity index (χ0) is 22.2. The largest absolute Gasteiger partial charge is 0.376 e. The van der Waals surface area contributed by atoms with Crippen molar-refractivity contribution >= 4 is 34.4 Å². The first-order chi connectivity index (χ1) is 15.5. The number of halogens is 2. The van der Waals surface area contributed by atoms with Crippen LogP contribution in [0.4, 0.5) is 0 Å². The number of aromatic nitrogens is 4. The molecule has 10 heteroatoms. The van der Waals surface area contributed by atoms with Crippen LogP contribution in [0.25, 0.3) is 28.2 Å². The van der Waals surface area contributed by atoms with Crippen LogP contribution in [0.3, 0.4) is 0 Å². The lowest BCUT2D eigenvalue weighted by Crippen LogP contribution is -2.38. The van der Waals surface area contributed by atoms with Crippen LogP contribution >= 0.6 is 23.2 Å². The predicted molar refractivity (Wildman–Crippen MR) is 122 cm³/mol. The van der Waals surface area contributed by atoms with E-state index in [4.69, 9.17) is 37.7 Å². The summed E-state index contributed by atoms with van der Waals surface area (Å²) in [7, 11) is 0. The van der Waals surface area contributed by atoms with Crippen LogP contribution in [0.15, 0.2) is 58.1 Å². The van der Waals surface area contributed by atoms with Gasteiger partial charge in [0, 0.05) is 16.3 Å². The highest BCUT2D eigenvalue weighted by Gasteiger charge is 2.24. The Kier molecular flexibility index (Phi) is 5.60. The molecule has 0 bridgehead atoms. The van der Waals surface area contributed by atoms with Gasteiger partial charge in [0.25, 0.3) is 5.56 Å². The molecule has 4 aromatic rings. The van der Waals surface area contributed by atoms with Gasteiger partial charge in [-0.1, -0.05) is 35.3 Å². The standard InChI is InChI=1S/C22H18Cl2N4O4/c23-13-5-7-14(8-6-13)28-18-20(25-19(28)16-3-1-2-4-17(16)24)27(22(30)26-21(18)29)11-15-12-31-9-10-32-15/h1-8,15H,9-12H2,(H,26,29,30). The molecule has 0 aliphatic carbocycles. The SMILES string of the molecule is O=c1[nH]c(=O)n(CC2COCCO2)c2nc(-c3ccccc3Cl)n(-c3ccc(Cl)cc3)c12. The van der Waals surface area contributed by atoms with Gasteiger partial charge in [-0.3, -0.25) is 18.9 Å². The molecule has 1 fully saturated rings. The summed E-state index contributed by atoms with van der Waals surface area (Å²) in [6, 6.07) is 14.2. The topological polar surface area (TPSA) is 91.1 Å². The van der Waals surface area contributed by atoms with E-state index < -0.39 is 11.2 Å². The number of hydrogen-bond acceptors (Lipinski definition) is 5. The third-order valence-corrected chi connectivity index (χ3v) is 5.85. The molecule has 0 spiro atoms. The van der Waals surface area contributed by atoms with Crippen LogP contribution in [-0.4, -0.2) is 45.0 Å². The fourth-order valence-electron chi connectivity index (χ4n) is 3.80. The highest BCUT2D eigenvalue weighted by molar-refractivity contribution is 6.33. The first-order valence-corrected chi connectivity index (χ1v) is 10.7. The molecule has 0 saturated carbocycles. The number of rotatable bonds is 4. The fraction of sp³-hybridized carbons (Fsp3) is 0.227. The number of fused-ring (bicyclic) bond motifs is 1. The zero-order valence-electron chi connectivity index (χ0n) is 16.8. The molecule has 1 aliphatic heterocycles. The van der Waals surface area contributed by atoms with Crippen LogP contribution in [0.1, 0.15) is 0 Å². The predicted octanol–water partition coefficient (Wildman–Crippen LogP) is 3.26. The number of imidazole rings is 1. The minimum atomic E-state index is -0.567. The maximum absolute atomic E-state index is 13.0. The molecule has 1 saturated heterocycles. The summed E-state index contributed by atoms with van der Waals surface area (Å²) in [6.45, 7) is 1.48. The van der Waals surface area contributed by atoms with E-state index in [1.807, 2.05) is 18.2 Å². The number of aromatic amines is 1. The van der Waals surface area contributed by atoms with Gasteiger partial charge in [0.1, 0.15) is 5.82 Å². The molecule has 1 unspecified atom stereocenters. The summed E-state index contributed by atoms with van der Waals surface area (Å²) >= 11 is 12.5. The number of ether oxygens (including phenoxy) is 2. The van der Waals surface area contributed by atoms with Gasteiger partial charge in [-0.15, -0.1) is 0 Å². The molecule has 0 amide bonds. The zero-order valence-corrected chi connectivity index (χ0v) is 18.3. The van der Waals surface area contributed by atoms with Crippen molar-refractivity contribution in [3.63, 3.8) is 0 Å². The minimum absolute atomic E-state index is 0.186. The Bertz CT molecular complexity index is 1400. The smallest absolute Gasteiger partial charge is 0.330 e. The van der Waals surface area contributed by atoms with Crippen molar-refractivity contribution in [2.45, 2.75) is 12.6 Å². The second-order valence-electron chi connectivity index (χ2n) is 7.34. The quantitative estimate of drug-likeness (QED) is 0.492. The van der Waals surface area contributed by atoms with Gasteiger partial charge in [-0.2, -0.15) is 0 Å². The van der Waals surface area contributed by atoms with Gasteiger partial charge in [0.15, 0.2) is 11.2 Å². The van der Waals surface area contributed by atoms with E-state index in [-0.39, 0.29) is 23.8 Å². The van der Waals surface area contributed by atoms with Crippen molar-refractivity contribution in [1.29, 1.82) is 0 Å². The van der Waals surface area contributed by atoms with E-state index in [1.165, 1.54) is 4.57 Å². The van der Waals surface area contributed by atoms with E-state index in [1.54, 1.807) is 34.9 Å². The number of H-pyrrole nitrogens is 1. The Morgan fingerprint density at radius 3 is 2.56 bits per heavy atom. The second kappa shape index (κ2) is 8.55. The van der Waals surface area contributed by atoms with Gasteiger partial charge < -0.3 is 9.47 Å². The van der Waals surface area contributed by atoms with Gasteiger partial charge in [0.2, 0.25) is 0 Å². The van der Waals surface area contributed by atoms with Crippen LogP contribution in [-0.2, 0) is 16.0 Å². The van der Waals surface area contributed by atoms with Gasteiger partial charge in [-0.05, 0) is 36.4 Å². The average molecular weight is 473 g/mol. The van der Waals surface area contributed by atoms with Gasteiger partial charge in [-0.25, -0.2) is 9.78 Å². The maximum atomic E-state index is 13.0. The Balaban J connectivity index is 1.81. The van der Waals surface area contributed by atoms with E-state index in [2.05, 4.69) is 4.98 Å². The molecule has 8 nitrogen and oxygen atoms in total. The molecule has 5 rings (SSSR count). The van der Waals surface area contributed by atoms with E-state index in [0.717, 1.165) is 0 Å². The summed E-state index contributed by atoms with van der Waals surface area (Å²) in [5, 5.41) is 1.02. The Morgan fingerprint density at radius 1 is 1.06 bits per heavy atom. The fourth-order valence-corrected chi connectivity index (χ4v) is 4.15. The summed E-state index contributed by atoms with van der Waals surface area (Å²) < 4.78 is 14.3. The van der Waals surface area contributed by atoms with Crippen molar-refractivity contribution in [2.75, 3.05) is 19.8 Å². The molecule has 2 aromatic heterocycles. The van der Waals surface area contributed by atoms with E-state index in [0.29, 0.717) is 46.9 Å². The summed E-state index contributed by atoms with van der Waals surface area (Å²) in [5.74, 6) is 0.429. The number of nitrogens with zero attached hydrogens (tertiary/aromatic N) is 3. The number of hydrogen-bond donors (Lipinski definition) is 1. The molecule has 32 heavy (non-hydrogen) atoms. The van der Waals surface area contributed by atoms with E-state index >= 15 is 0 Å².